The minimum absolute atomic E-state index is 0.0923. The molecule has 3 rings (SSSR count). The standard InChI is InChI=1S/C16H13IN2O/c1-11-5-4-6-12(18-11)9-19-10-14(17)16(20)13-7-2-3-8-15(13)19/h2-8,10H,9H2,1H3. The van der Waals surface area contributed by atoms with Crippen molar-refractivity contribution in [2.24, 2.45) is 0 Å². The van der Waals surface area contributed by atoms with Crippen molar-refractivity contribution in [3.05, 3.63) is 73.8 Å². The van der Waals surface area contributed by atoms with E-state index in [1.807, 2.05) is 55.6 Å². The minimum Gasteiger partial charge on any atom is -0.340 e. The number of nitrogens with zero attached hydrogens (tertiary/aromatic N) is 2. The molecule has 0 bridgehead atoms. The van der Waals surface area contributed by atoms with E-state index in [9.17, 15) is 4.79 Å². The Bertz CT molecular complexity index is 839. The Morgan fingerprint density at radius 1 is 1.15 bits per heavy atom. The maximum Gasteiger partial charge on any atom is 0.202 e. The Morgan fingerprint density at radius 2 is 1.95 bits per heavy atom. The van der Waals surface area contributed by atoms with Gasteiger partial charge in [-0.25, -0.2) is 0 Å². The SMILES string of the molecule is Cc1cccc(Cn2cc(I)c(=O)c3ccccc32)n1. The number of hydrogen-bond donors (Lipinski definition) is 0. The van der Waals surface area contributed by atoms with Crippen molar-refractivity contribution in [3.63, 3.8) is 0 Å². The van der Waals surface area contributed by atoms with Crippen molar-refractivity contribution in [1.29, 1.82) is 0 Å². The Labute approximate surface area is 130 Å². The van der Waals surface area contributed by atoms with Gasteiger partial charge < -0.3 is 4.57 Å². The summed E-state index contributed by atoms with van der Waals surface area (Å²) < 4.78 is 2.81. The second-order valence-corrected chi connectivity index (χ2v) is 5.88. The van der Waals surface area contributed by atoms with Gasteiger partial charge in [-0.05, 0) is 53.8 Å². The van der Waals surface area contributed by atoms with Gasteiger partial charge >= 0.3 is 0 Å². The Morgan fingerprint density at radius 3 is 2.75 bits per heavy atom. The first-order valence-corrected chi connectivity index (χ1v) is 7.43. The summed E-state index contributed by atoms with van der Waals surface area (Å²) in [5.74, 6) is 0. The molecule has 0 atom stereocenters. The quantitative estimate of drug-likeness (QED) is 0.643. The first-order chi connectivity index (χ1) is 9.65. The highest BCUT2D eigenvalue weighted by Gasteiger charge is 2.07. The lowest BCUT2D eigenvalue weighted by Crippen LogP contribution is -2.13. The first-order valence-electron chi connectivity index (χ1n) is 6.35. The van der Waals surface area contributed by atoms with E-state index in [0.29, 0.717) is 6.54 Å². The van der Waals surface area contributed by atoms with E-state index in [4.69, 9.17) is 0 Å². The van der Waals surface area contributed by atoms with E-state index in [1.165, 1.54) is 0 Å². The molecule has 0 amide bonds. The fraction of sp³-hybridized carbons (Fsp3) is 0.125. The Kier molecular flexibility index (Phi) is 3.56. The van der Waals surface area contributed by atoms with Crippen molar-refractivity contribution in [2.75, 3.05) is 0 Å². The maximum absolute atomic E-state index is 12.2. The minimum atomic E-state index is 0.0923. The molecule has 0 unspecified atom stereocenters. The Balaban J connectivity index is 2.17. The summed E-state index contributed by atoms with van der Waals surface area (Å²) in [5, 5.41) is 0.757. The van der Waals surface area contributed by atoms with Gasteiger partial charge in [0.2, 0.25) is 5.43 Å². The van der Waals surface area contributed by atoms with Gasteiger partial charge in [0.05, 0.1) is 21.3 Å². The monoisotopic (exact) mass is 376 g/mol. The lowest BCUT2D eigenvalue weighted by molar-refractivity contribution is 0.790. The molecule has 3 nitrogen and oxygen atoms in total. The predicted molar refractivity (Wildman–Crippen MR) is 89.0 cm³/mol. The molecule has 3 aromatic rings. The van der Waals surface area contributed by atoms with Crippen LogP contribution in [0.5, 0.6) is 0 Å². The number of benzene rings is 1. The summed E-state index contributed by atoms with van der Waals surface area (Å²) in [6.45, 7) is 2.65. The van der Waals surface area contributed by atoms with E-state index in [1.54, 1.807) is 0 Å². The highest BCUT2D eigenvalue weighted by Crippen LogP contribution is 2.14. The number of halogens is 1. The number of aromatic nitrogens is 2. The molecule has 0 aliphatic heterocycles. The van der Waals surface area contributed by atoms with Crippen LogP contribution in [0.2, 0.25) is 0 Å². The number of pyridine rings is 2. The van der Waals surface area contributed by atoms with Gasteiger partial charge in [-0.1, -0.05) is 18.2 Å². The smallest absolute Gasteiger partial charge is 0.202 e. The summed E-state index contributed by atoms with van der Waals surface area (Å²) in [4.78, 5) is 16.7. The van der Waals surface area contributed by atoms with Crippen LogP contribution in [0.4, 0.5) is 0 Å². The zero-order chi connectivity index (χ0) is 14.1. The molecule has 0 aliphatic rings. The second kappa shape index (κ2) is 5.36. The van der Waals surface area contributed by atoms with E-state index < -0.39 is 0 Å². The van der Waals surface area contributed by atoms with E-state index in [-0.39, 0.29) is 5.43 Å². The third-order valence-electron chi connectivity index (χ3n) is 3.22. The molecular formula is C16H13IN2O. The molecule has 0 saturated heterocycles. The van der Waals surface area contributed by atoms with Crippen molar-refractivity contribution in [1.82, 2.24) is 9.55 Å². The molecule has 2 aromatic heterocycles. The van der Waals surface area contributed by atoms with E-state index in [2.05, 4.69) is 32.1 Å². The van der Waals surface area contributed by atoms with Crippen LogP contribution in [0, 0.1) is 10.5 Å². The number of fused-ring (bicyclic) bond motifs is 1. The highest BCUT2D eigenvalue weighted by molar-refractivity contribution is 14.1. The topological polar surface area (TPSA) is 34.9 Å². The highest BCUT2D eigenvalue weighted by atomic mass is 127. The predicted octanol–water partition coefficient (Wildman–Crippen LogP) is 3.36. The molecule has 4 heteroatoms. The van der Waals surface area contributed by atoms with Crippen LogP contribution >= 0.6 is 22.6 Å². The van der Waals surface area contributed by atoms with Crippen LogP contribution in [-0.4, -0.2) is 9.55 Å². The fourth-order valence-corrected chi connectivity index (χ4v) is 2.93. The molecule has 20 heavy (non-hydrogen) atoms. The fourth-order valence-electron chi connectivity index (χ4n) is 2.30. The molecule has 0 saturated carbocycles. The van der Waals surface area contributed by atoms with Gasteiger partial charge in [0.15, 0.2) is 0 Å². The number of rotatable bonds is 2. The summed E-state index contributed by atoms with van der Waals surface area (Å²) in [5.41, 5.74) is 3.04. The molecule has 0 N–H and O–H groups in total. The largest absolute Gasteiger partial charge is 0.340 e. The van der Waals surface area contributed by atoms with Crippen LogP contribution in [0.25, 0.3) is 10.9 Å². The number of para-hydroxylation sites is 1. The van der Waals surface area contributed by atoms with Crippen LogP contribution in [0.3, 0.4) is 0 Å². The summed E-state index contributed by atoms with van der Waals surface area (Å²) in [6, 6.07) is 13.7. The average molecular weight is 376 g/mol. The Hall–Kier alpha value is -1.69. The summed E-state index contributed by atoms with van der Waals surface area (Å²) >= 11 is 2.09. The van der Waals surface area contributed by atoms with Gasteiger partial charge in [0.25, 0.3) is 0 Å². The lowest BCUT2D eigenvalue weighted by atomic mass is 10.2. The zero-order valence-corrected chi connectivity index (χ0v) is 13.2. The van der Waals surface area contributed by atoms with Crippen LogP contribution in [-0.2, 0) is 6.54 Å². The van der Waals surface area contributed by atoms with Crippen molar-refractivity contribution < 1.29 is 0 Å². The van der Waals surface area contributed by atoms with Crippen LogP contribution in [0.1, 0.15) is 11.4 Å². The molecule has 0 radical (unpaired) electrons. The summed E-state index contributed by atoms with van der Waals surface area (Å²) in [7, 11) is 0. The lowest BCUT2D eigenvalue weighted by Gasteiger charge is -2.11. The molecular weight excluding hydrogens is 363 g/mol. The van der Waals surface area contributed by atoms with Gasteiger partial charge in [-0.3, -0.25) is 9.78 Å². The van der Waals surface area contributed by atoms with Gasteiger partial charge in [-0.15, -0.1) is 0 Å². The maximum atomic E-state index is 12.2. The molecule has 2 heterocycles. The van der Waals surface area contributed by atoms with Gasteiger partial charge in [-0.2, -0.15) is 0 Å². The number of hydrogen-bond acceptors (Lipinski definition) is 2. The third kappa shape index (κ3) is 2.47. The van der Waals surface area contributed by atoms with Crippen LogP contribution < -0.4 is 5.43 Å². The zero-order valence-electron chi connectivity index (χ0n) is 11.0. The van der Waals surface area contributed by atoms with Crippen LogP contribution in [0.15, 0.2) is 53.5 Å². The molecule has 0 spiro atoms. The molecule has 0 fully saturated rings. The van der Waals surface area contributed by atoms with E-state index in [0.717, 1.165) is 25.9 Å². The molecule has 100 valence electrons. The average Bonchev–Trinajstić information content (AvgIpc) is 2.45. The second-order valence-electron chi connectivity index (χ2n) is 4.72. The van der Waals surface area contributed by atoms with Gasteiger partial charge in [0.1, 0.15) is 0 Å². The molecule has 0 aliphatic carbocycles. The molecule has 1 aromatic carbocycles. The normalized spacial score (nSPS) is 10.9. The van der Waals surface area contributed by atoms with Crippen molar-refractivity contribution >= 4 is 33.5 Å². The van der Waals surface area contributed by atoms with E-state index >= 15 is 0 Å². The first kappa shape index (κ1) is 13.3. The number of aryl methyl sites for hydroxylation is 1. The third-order valence-corrected chi connectivity index (χ3v) is 3.99. The van der Waals surface area contributed by atoms with Gasteiger partial charge in [0, 0.05) is 17.3 Å². The van der Waals surface area contributed by atoms with Crippen molar-refractivity contribution in [2.45, 2.75) is 13.5 Å². The summed E-state index contributed by atoms with van der Waals surface area (Å²) in [6.07, 6.45) is 1.90. The van der Waals surface area contributed by atoms with Crippen molar-refractivity contribution in [3.8, 4) is 0 Å².